The maximum atomic E-state index is 13.4. The molecule has 0 atom stereocenters. The predicted molar refractivity (Wildman–Crippen MR) is 109 cm³/mol. The number of halogens is 1. The second-order valence-electron chi connectivity index (χ2n) is 7.11. The third-order valence-electron chi connectivity index (χ3n) is 5.18. The molecule has 1 aromatic heterocycles. The number of hydrogen-bond donors (Lipinski definition) is 1. The Morgan fingerprint density at radius 1 is 0.967 bits per heavy atom. The van der Waals surface area contributed by atoms with E-state index in [0.29, 0.717) is 29.9 Å². The Kier molecular flexibility index (Phi) is 4.28. The summed E-state index contributed by atoms with van der Waals surface area (Å²) in [4.78, 5) is 26.0. The summed E-state index contributed by atoms with van der Waals surface area (Å²) in [6.07, 6.45) is -0.494. The molecule has 0 saturated heterocycles. The van der Waals surface area contributed by atoms with E-state index in [-0.39, 0.29) is 11.4 Å². The number of fused-ring (bicyclic) bond motifs is 2. The van der Waals surface area contributed by atoms with Crippen molar-refractivity contribution in [3.63, 3.8) is 0 Å². The molecule has 1 amide bonds. The molecule has 0 radical (unpaired) electrons. The lowest BCUT2D eigenvalue weighted by Crippen LogP contribution is -2.28. The largest absolute Gasteiger partial charge is 0.415 e. The van der Waals surface area contributed by atoms with Crippen LogP contribution in [0.4, 0.5) is 9.18 Å². The third-order valence-corrected chi connectivity index (χ3v) is 5.18. The maximum Gasteiger partial charge on any atom is 0.415 e. The fourth-order valence-electron chi connectivity index (χ4n) is 3.67. The van der Waals surface area contributed by atoms with Crippen LogP contribution in [0.25, 0.3) is 22.0 Å². The summed E-state index contributed by atoms with van der Waals surface area (Å²) < 4.78 is 18.8. The summed E-state index contributed by atoms with van der Waals surface area (Å²) in [5.74, 6) is 0.0718. The maximum absolute atomic E-state index is 13.4. The second-order valence-corrected chi connectivity index (χ2v) is 7.11. The summed E-state index contributed by atoms with van der Waals surface area (Å²) in [6.45, 7) is 0.705. The first kappa shape index (κ1) is 18.1. The Labute approximate surface area is 170 Å². The minimum atomic E-state index is -0.494. The van der Waals surface area contributed by atoms with E-state index in [1.54, 1.807) is 42.5 Å². The van der Waals surface area contributed by atoms with Crippen LogP contribution in [-0.2, 0) is 13.1 Å². The van der Waals surface area contributed by atoms with Crippen molar-refractivity contribution in [3.8, 4) is 17.0 Å². The van der Waals surface area contributed by atoms with Gasteiger partial charge in [-0.1, -0.05) is 24.3 Å². The molecule has 1 N–H and O–H groups in total. The molecule has 6 nitrogen and oxygen atoms in total. The molecule has 0 spiro atoms. The highest BCUT2D eigenvalue weighted by molar-refractivity contribution is 5.93. The SMILES string of the molecule is O=C(Oc1ccc(-c2n[nH]c(=O)c3ccccc23)cc1)N1Cc2ccc(F)cc2C1. The highest BCUT2D eigenvalue weighted by Crippen LogP contribution is 2.27. The van der Waals surface area contributed by atoms with Crippen LogP contribution in [0.1, 0.15) is 11.1 Å². The Morgan fingerprint density at radius 3 is 2.50 bits per heavy atom. The van der Waals surface area contributed by atoms with Crippen molar-refractivity contribution in [3.05, 3.63) is 94.0 Å². The summed E-state index contributed by atoms with van der Waals surface area (Å²) in [5, 5.41) is 7.99. The van der Waals surface area contributed by atoms with Crippen molar-refractivity contribution < 1.29 is 13.9 Å². The number of nitrogens with zero attached hydrogens (tertiary/aromatic N) is 2. The number of aromatic nitrogens is 2. The van der Waals surface area contributed by atoms with Gasteiger partial charge in [-0.2, -0.15) is 5.10 Å². The van der Waals surface area contributed by atoms with Gasteiger partial charge in [-0.15, -0.1) is 0 Å². The molecule has 0 saturated carbocycles. The molecule has 148 valence electrons. The Balaban J connectivity index is 1.35. The zero-order valence-electron chi connectivity index (χ0n) is 15.8. The van der Waals surface area contributed by atoms with E-state index in [4.69, 9.17) is 4.74 Å². The molecule has 0 aliphatic carbocycles. The molecule has 0 unspecified atom stereocenters. The lowest BCUT2D eigenvalue weighted by atomic mass is 10.1. The average molecular weight is 401 g/mol. The number of carbonyl (C=O) groups is 1. The lowest BCUT2D eigenvalue weighted by molar-refractivity contribution is 0.152. The molecule has 0 bridgehead atoms. The van der Waals surface area contributed by atoms with E-state index in [1.807, 2.05) is 12.1 Å². The van der Waals surface area contributed by atoms with E-state index >= 15 is 0 Å². The van der Waals surface area contributed by atoms with Crippen molar-refractivity contribution >= 4 is 16.9 Å². The lowest BCUT2D eigenvalue weighted by Gasteiger charge is -2.15. The van der Waals surface area contributed by atoms with E-state index in [9.17, 15) is 14.0 Å². The Morgan fingerprint density at radius 2 is 1.70 bits per heavy atom. The van der Waals surface area contributed by atoms with E-state index < -0.39 is 6.09 Å². The summed E-state index contributed by atoms with van der Waals surface area (Å²) in [7, 11) is 0. The number of carbonyl (C=O) groups excluding carboxylic acids is 1. The minimum absolute atomic E-state index is 0.244. The molecule has 1 aliphatic rings. The first-order valence-corrected chi connectivity index (χ1v) is 9.40. The smallest absolute Gasteiger partial charge is 0.410 e. The first-order chi connectivity index (χ1) is 14.6. The number of amides is 1. The van der Waals surface area contributed by atoms with E-state index in [0.717, 1.165) is 22.1 Å². The van der Waals surface area contributed by atoms with Crippen LogP contribution in [0.5, 0.6) is 5.75 Å². The fourth-order valence-corrected chi connectivity index (χ4v) is 3.67. The average Bonchev–Trinajstić information content (AvgIpc) is 3.18. The Hall–Kier alpha value is -4.00. The number of rotatable bonds is 2. The van der Waals surface area contributed by atoms with Crippen LogP contribution in [0, 0.1) is 5.82 Å². The second kappa shape index (κ2) is 7.11. The molecule has 7 heteroatoms. The summed E-state index contributed by atoms with van der Waals surface area (Å²) >= 11 is 0. The predicted octanol–water partition coefficient (Wildman–Crippen LogP) is 4.24. The number of aromatic amines is 1. The van der Waals surface area contributed by atoms with Gasteiger partial charge in [-0.05, 0) is 53.6 Å². The van der Waals surface area contributed by atoms with Gasteiger partial charge in [0, 0.05) is 24.0 Å². The monoisotopic (exact) mass is 401 g/mol. The van der Waals surface area contributed by atoms with Gasteiger partial charge in [0.2, 0.25) is 0 Å². The van der Waals surface area contributed by atoms with Crippen LogP contribution in [-0.4, -0.2) is 21.2 Å². The summed E-state index contributed by atoms with van der Waals surface area (Å²) in [5.41, 5.74) is 2.89. The van der Waals surface area contributed by atoms with Crippen LogP contribution in [0.15, 0.2) is 71.5 Å². The van der Waals surface area contributed by atoms with Crippen molar-refractivity contribution in [2.24, 2.45) is 0 Å². The summed E-state index contributed by atoms with van der Waals surface area (Å²) in [6, 6.07) is 18.7. The fraction of sp³-hybridized carbons (Fsp3) is 0.0870. The molecular formula is C23H16FN3O3. The molecule has 5 rings (SSSR count). The third kappa shape index (κ3) is 3.20. The number of hydrogen-bond acceptors (Lipinski definition) is 4. The molecule has 1 aliphatic heterocycles. The molecule has 2 heterocycles. The van der Waals surface area contributed by atoms with Gasteiger partial charge in [-0.3, -0.25) is 9.69 Å². The van der Waals surface area contributed by atoms with Crippen LogP contribution < -0.4 is 10.3 Å². The van der Waals surface area contributed by atoms with Crippen molar-refractivity contribution in [2.75, 3.05) is 0 Å². The number of ether oxygens (including phenoxy) is 1. The normalized spacial score (nSPS) is 12.8. The zero-order chi connectivity index (χ0) is 20.7. The van der Waals surface area contributed by atoms with E-state index in [2.05, 4.69) is 10.2 Å². The minimum Gasteiger partial charge on any atom is -0.410 e. The van der Waals surface area contributed by atoms with Crippen LogP contribution >= 0.6 is 0 Å². The molecular weight excluding hydrogens is 385 g/mol. The number of nitrogens with one attached hydrogen (secondary N) is 1. The highest BCUT2D eigenvalue weighted by atomic mass is 19.1. The van der Waals surface area contributed by atoms with Gasteiger partial charge < -0.3 is 4.74 Å². The zero-order valence-corrected chi connectivity index (χ0v) is 15.8. The van der Waals surface area contributed by atoms with Crippen molar-refractivity contribution in [2.45, 2.75) is 13.1 Å². The molecule has 0 fully saturated rings. The molecule has 3 aromatic carbocycles. The standard InChI is InChI=1S/C23H16FN3O3/c24-17-8-5-15-12-27(13-16(15)11-17)23(29)30-18-9-6-14(7-10-18)21-19-3-1-2-4-20(19)22(28)26-25-21/h1-11H,12-13H2,(H,26,28). The number of benzene rings is 3. The van der Waals surface area contributed by atoms with Gasteiger partial charge >= 0.3 is 6.09 Å². The van der Waals surface area contributed by atoms with Gasteiger partial charge in [0.1, 0.15) is 11.6 Å². The van der Waals surface area contributed by atoms with Crippen LogP contribution in [0.2, 0.25) is 0 Å². The van der Waals surface area contributed by atoms with Crippen molar-refractivity contribution in [1.82, 2.24) is 15.1 Å². The van der Waals surface area contributed by atoms with Crippen molar-refractivity contribution in [1.29, 1.82) is 0 Å². The van der Waals surface area contributed by atoms with Crippen LogP contribution in [0.3, 0.4) is 0 Å². The highest BCUT2D eigenvalue weighted by Gasteiger charge is 2.25. The molecule has 4 aromatic rings. The van der Waals surface area contributed by atoms with Gasteiger partial charge in [0.25, 0.3) is 5.56 Å². The first-order valence-electron chi connectivity index (χ1n) is 9.40. The Bertz CT molecular complexity index is 1330. The van der Waals surface area contributed by atoms with E-state index in [1.165, 1.54) is 17.0 Å². The topological polar surface area (TPSA) is 75.3 Å². The van der Waals surface area contributed by atoms with Gasteiger partial charge in [0.15, 0.2) is 0 Å². The molecule has 30 heavy (non-hydrogen) atoms. The van der Waals surface area contributed by atoms with Gasteiger partial charge in [0.05, 0.1) is 11.1 Å². The van der Waals surface area contributed by atoms with Gasteiger partial charge in [-0.25, -0.2) is 14.3 Å². The number of H-pyrrole nitrogens is 1. The quantitative estimate of drug-likeness (QED) is 0.545.